The third-order valence-corrected chi connectivity index (χ3v) is 5.25. The van der Waals surface area contributed by atoms with Crippen LogP contribution in [0.1, 0.15) is 26.7 Å². The van der Waals surface area contributed by atoms with Crippen molar-refractivity contribution in [3.8, 4) is 6.07 Å². The lowest BCUT2D eigenvalue weighted by molar-refractivity contribution is 0.143. The highest BCUT2D eigenvalue weighted by molar-refractivity contribution is 7.80. The van der Waals surface area contributed by atoms with Crippen molar-refractivity contribution in [3.63, 3.8) is 0 Å². The van der Waals surface area contributed by atoms with Crippen molar-refractivity contribution in [1.82, 2.24) is 5.32 Å². The highest BCUT2D eigenvalue weighted by atomic mass is 32.1. The summed E-state index contributed by atoms with van der Waals surface area (Å²) in [5.74, 6) is -0.369. The van der Waals surface area contributed by atoms with Gasteiger partial charge in [-0.05, 0) is 44.9 Å². The Bertz CT molecular complexity index is 854. The minimum atomic E-state index is -0.485. The number of thiocarbonyl (C=S) groups is 1. The van der Waals surface area contributed by atoms with Gasteiger partial charge in [0.25, 0.3) is 0 Å². The van der Waals surface area contributed by atoms with Crippen LogP contribution < -0.4 is 15.1 Å². The molecule has 2 aliphatic rings. The fourth-order valence-corrected chi connectivity index (χ4v) is 3.57. The van der Waals surface area contributed by atoms with Crippen molar-refractivity contribution >= 4 is 34.7 Å². The minimum Gasteiger partial charge on any atom is -0.442 e. The monoisotopic (exact) mass is 402 g/mol. The Balaban J connectivity index is 1.67. The van der Waals surface area contributed by atoms with Gasteiger partial charge in [-0.2, -0.15) is 5.26 Å². The van der Waals surface area contributed by atoms with Crippen LogP contribution in [0.3, 0.4) is 0 Å². The second-order valence-electron chi connectivity index (χ2n) is 7.02. The smallest absolute Gasteiger partial charge is 0.414 e. The Morgan fingerprint density at radius 3 is 2.71 bits per heavy atom. The summed E-state index contributed by atoms with van der Waals surface area (Å²) in [5.41, 5.74) is 2.89. The first-order valence-electron chi connectivity index (χ1n) is 9.25. The maximum absolute atomic E-state index is 14.8. The summed E-state index contributed by atoms with van der Waals surface area (Å²) >= 11 is 4.97. The van der Waals surface area contributed by atoms with Crippen LogP contribution in [-0.4, -0.2) is 43.4 Å². The zero-order chi connectivity index (χ0) is 20.3. The van der Waals surface area contributed by atoms with Crippen LogP contribution in [0, 0.1) is 17.1 Å². The lowest BCUT2D eigenvalue weighted by Gasteiger charge is -2.31. The molecule has 3 rings (SSSR count). The third kappa shape index (κ3) is 4.42. The molecule has 2 fully saturated rings. The second kappa shape index (κ2) is 8.57. The van der Waals surface area contributed by atoms with E-state index < -0.39 is 6.09 Å². The number of allylic oxidation sites excluding steroid dienone is 1. The van der Waals surface area contributed by atoms with E-state index in [-0.39, 0.29) is 11.9 Å². The van der Waals surface area contributed by atoms with Crippen LogP contribution >= 0.6 is 12.2 Å². The number of carbonyl (C=O) groups excluding carboxylic acids is 1. The van der Waals surface area contributed by atoms with Crippen LogP contribution in [-0.2, 0) is 4.74 Å². The molecule has 1 amide bonds. The van der Waals surface area contributed by atoms with Crippen molar-refractivity contribution in [2.45, 2.75) is 32.8 Å². The summed E-state index contributed by atoms with van der Waals surface area (Å²) in [6.45, 7) is 5.70. The maximum Gasteiger partial charge on any atom is 0.414 e. The molecular weight excluding hydrogens is 379 g/mol. The molecule has 28 heavy (non-hydrogen) atoms. The van der Waals surface area contributed by atoms with E-state index in [2.05, 4.69) is 11.4 Å². The number of hydrogen-bond donors (Lipinski definition) is 1. The van der Waals surface area contributed by atoms with Crippen LogP contribution in [0.2, 0.25) is 0 Å². The Hall–Kier alpha value is -2.66. The largest absolute Gasteiger partial charge is 0.442 e. The summed E-state index contributed by atoms with van der Waals surface area (Å²) in [6.07, 6.45) is 0.699. The Morgan fingerprint density at radius 2 is 2.11 bits per heavy atom. The van der Waals surface area contributed by atoms with E-state index >= 15 is 0 Å². The molecule has 1 aromatic carbocycles. The zero-order valence-corrected chi connectivity index (χ0v) is 16.8. The number of cyclic esters (lactones) is 1. The summed E-state index contributed by atoms with van der Waals surface area (Å²) in [7, 11) is 0. The molecule has 1 atom stereocenters. The number of benzene rings is 1. The molecule has 0 spiro atoms. The second-order valence-corrected chi connectivity index (χ2v) is 7.63. The summed E-state index contributed by atoms with van der Waals surface area (Å²) < 4.78 is 20.1. The van der Waals surface area contributed by atoms with E-state index in [1.54, 1.807) is 19.1 Å². The molecule has 2 aliphatic heterocycles. The SMILES string of the molecule is CC(=S)NC[C@H]1CN(c2ccc(N3CCC(=C(C)C#N)CC3)c(F)c2)C(=O)O1. The summed E-state index contributed by atoms with van der Waals surface area (Å²) in [4.78, 5) is 16.2. The molecule has 0 bridgehead atoms. The van der Waals surface area contributed by atoms with E-state index in [4.69, 9.17) is 22.2 Å². The number of nitriles is 1. The maximum atomic E-state index is 14.8. The molecule has 2 saturated heterocycles. The predicted molar refractivity (Wildman–Crippen MR) is 110 cm³/mol. The first-order chi connectivity index (χ1) is 13.4. The number of rotatable bonds is 4. The van der Waals surface area contributed by atoms with E-state index in [1.165, 1.54) is 11.0 Å². The van der Waals surface area contributed by atoms with Gasteiger partial charge < -0.3 is 15.0 Å². The fourth-order valence-electron chi connectivity index (χ4n) is 3.49. The summed E-state index contributed by atoms with van der Waals surface area (Å²) in [6, 6.07) is 7.01. The van der Waals surface area contributed by atoms with Crippen molar-refractivity contribution in [2.75, 3.05) is 36.0 Å². The quantitative estimate of drug-likeness (QED) is 0.614. The number of amides is 1. The third-order valence-electron chi connectivity index (χ3n) is 5.10. The van der Waals surface area contributed by atoms with Crippen LogP contribution in [0.25, 0.3) is 0 Å². The van der Waals surface area contributed by atoms with Gasteiger partial charge in [0, 0.05) is 18.7 Å². The molecule has 8 heteroatoms. The van der Waals surface area contributed by atoms with Gasteiger partial charge in [0.15, 0.2) is 0 Å². The van der Waals surface area contributed by atoms with E-state index in [0.717, 1.165) is 24.0 Å². The lowest BCUT2D eigenvalue weighted by Crippen LogP contribution is -2.33. The molecule has 0 radical (unpaired) electrons. The molecule has 0 aliphatic carbocycles. The van der Waals surface area contributed by atoms with Crippen molar-refractivity contribution in [3.05, 3.63) is 35.2 Å². The Kier molecular flexibility index (Phi) is 6.15. The molecule has 1 N–H and O–H groups in total. The normalized spacial score (nSPS) is 19.3. The topological polar surface area (TPSA) is 68.6 Å². The Morgan fingerprint density at radius 1 is 1.39 bits per heavy atom. The van der Waals surface area contributed by atoms with Gasteiger partial charge in [-0.3, -0.25) is 4.90 Å². The zero-order valence-electron chi connectivity index (χ0n) is 16.0. The van der Waals surface area contributed by atoms with Gasteiger partial charge in [-0.15, -0.1) is 0 Å². The molecule has 0 saturated carbocycles. The molecule has 148 valence electrons. The first kappa shape index (κ1) is 20.1. The number of piperidine rings is 1. The Labute approximate surface area is 169 Å². The highest BCUT2D eigenvalue weighted by Crippen LogP contribution is 2.30. The number of hydrogen-bond acceptors (Lipinski definition) is 5. The van der Waals surface area contributed by atoms with Crippen LogP contribution in [0.4, 0.5) is 20.6 Å². The number of nitrogens with one attached hydrogen (secondary N) is 1. The molecule has 0 aromatic heterocycles. The molecule has 0 unspecified atom stereocenters. The molecule has 1 aromatic rings. The van der Waals surface area contributed by atoms with Crippen molar-refractivity contribution in [2.24, 2.45) is 0 Å². The first-order valence-corrected chi connectivity index (χ1v) is 9.65. The van der Waals surface area contributed by atoms with Crippen molar-refractivity contribution in [1.29, 1.82) is 5.26 Å². The summed E-state index contributed by atoms with van der Waals surface area (Å²) in [5, 5.41) is 12.0. The van der Waals surface area contributed by atoms with Gasteiger partial charge >= 0.3 is 6.09 Å². The fraction of sp³-hybridized carbons (Fsp3) is 0.450. The van der Waals surface area contributed by atoms with Gasteiger partial charge in [-0.1, -0.05) is 17.8 Å². The highest BCUT2D eigenvalue weighted by Gasteiger charge is 2.32. The number of carbonyl (C=O) groups is 1. The van der Waals surface area contributed by atoms with Crippen LogP contribution in [0.15, 0.2) is 29.3 Å². The number of anilines is 2. The van der Waals surface area contributed by atoms with Gasteiger partial charge in [0.1, 0.15) is 11.9 Å². The van der Waals surface area contributed by atoms with E-state index in [1.807, 2.05) is 11.8 Å². The average molecular weight is 402 g/mol. The molecule has 2 heterocycles. The van der Waals surface area contributed by atoms with Gasteiger partial charge in [0.2, 0.25) is 0 Å². The number of ether oxygens (including phenoxy) is 1. The minimum absolute atomic E-state index is 0.330. The standard InChI is InChI=1S/C20H23FN4O2S/c1-13(10-22)15-5-7-24(8-6-15)19-4-3-16(9-18(19)21)25-12-17(27-20(25)26)11-23-14(2)28/h3-4,9,17H,5-8,11-12H2,1-2H3,(H,23,28)/t17-/m0/s1. The van der Waals surface area contributed by atoms with Gasteiger partial charge in [0.05, 0.1) is 35.5 Å². The molecular formula is C20H23FN4O2S. The van der Waals surface area contributed by atoms with Crippen LogP contribution in [0.5, 0.6) is 0 Å². The molecule has 6 nitrogen and oxygen atoms in total. The van der Waals surface area contributed by atoms with E-state index in [9.17, 15) is 9.18 Å². The van der Waals surface area contributed by atoms with E-state index in [0.29, 0.717) is 42.5 Å². The average Bonchev–Trinajstić information content (AvgIpc) is 3.06. The number of halogens is 1. The van der Waals surface area contributed by atoms with Gasteiger partial charge in [-0.25, -0.2) is 9.18 Å². The lowest BCUT2D eigenvalue weighted by atomic mass is 9.99. The van der Waals surface area contributed by atoms with Crippen molar-refractivity contribution < 1.29 is 13.9 Å². The predicted octanol–water partition coefficient (Wildman–Crippen LogP) is 3.53. The number of nitrogens with zero attached hydrogens (tertiary/aromatic N) is 3.